The molecule has 17 heavy (non-hydrogen) atoms. The smallest absolute Gasteiger partial charge is 0.180 e. The van der Waals surface area contributed by atoms with Gasteiger partial charge in [-0.25, -0.2) is 9.97 Å². The summed E-state index contributed by atoms with van der Waals surface area (Å²) in [6, 6.07) is 4.51. The largest absolute Gasteiger partial charge is 0.354 e. The zero-order valence-electron chi connectivity index (χ0n) is 9.80. The lowest BCUT2D eigenvalue weighted by atomic mass is 10.2. The number of anilines is 1. The zero-order chi connectivity index (χ0) is 11.7. The van der Waals surface area contributed by atoms with Crippen molar-refractivity contribution in [2.24, 2.45) is 0 Å². The molecule has 1 N–H and O–H groups in total. The maximum Gasteiger partial charge on any atom is 0.180 e. The number of nitrogens with zero attached hydrogens (tertiary/aromatic N) is 4. The van der Waals surface area contributed by atoms with Crippen molar-refractivity contribution in [2.45, 2.75) is 13.0 Å². The van der Waals surface area contributed by atoms with Crippen LogP contribution in [0.1, 0.15) is 6.92 Å². The number of piperazine rings is 1. The first-order valence-electron chi connectivity index (χ1n) is 5.89. The van der Waals surface area contributed by atoms with Crippen LogP contribution in [-0.2, 0) is 0 Å². The van der Waals surface area contributed by atoms with E-state index in [4.69, 9.17) is 0 Å². The van der Waals surface area contributed by atoms with Crippen molar-refractivity contribution in [1.29, 1.82) is 0 Å². The Morgan fingerprint density at radius 1 is 1.29 bits per heavy atom. The van der Waals surface area contributed by atoms with Gasteiger partial charge < -0.3 is 10.2 Å². The summed E-state index contributed by atoms with van der Waals surface area (Å²) in [5.74, 6) is 0.992. The van der Waals surface area contributed by atoms with Crippen LogP contribution >= 0.6 is 0 Å². The Morgan fingerprint density at radius 2 is 2.18 bits per heavy atom. The van der Waals surface area contributed by atoms with E-state index < -0.39 is 0 Å². The van der Waals surface area contributed by atoms with Gasteiger partial charge in [0.15, 0.2) is 5.65 Å². The summed E-state index contributed by atoms with van der Waals surface area (Å²) in [6.07, 6.45) is 3.37. The van der Waals surface area contributed by atoms with E-state index in [-0.39, 0.29) is 0 Å². The number of hydrogen-bond donors (Lipinski definition) is 1. The normalized spacial score (nSPS) is 20.8. The van der Waals surface area contributed by atoms with Gasteiger partial charge in [0.2, 0.25) is 0 Å². The molecule has 0 amide bonds. The number of rotatable bonds is 1. The molecule has 3 heterocycles. The summed E-state index contributed by atoms with van der Waals surface area (Å²) in [4.78, 5) is 15.3. The van der Waals surface area contributed by atoms with Gasteiger partial charge in [0.25, 0.3) is 0 Å². The van der Waals surface area contributed by atoms with E-state index in [0.717, 1.165) is 36.6 Å². The second kappa shape index (κ2) is 4.25. The molecule has 0 saturated carbocycles. The standard InChI is InChI=1S/C12H15N5/c1-9-8-17(7-6-13-9)11-3-2-10-12(16-11)15-5-4-14-10/h2-5,9,13H,6-8H2,1H3/t9-/m0/s1. The zero-order valence-corrected chi connectivity index (χ0v) is 9.80. The van der Waals surface area contributed by atoms with Crippen molar-refractivity contribution in [3.63, 3.8) is 0 Å². The van der Waals surface area contributed by atoms with E-state index in [1.165, 1.54) is 0 Å². The summed E-state index contributed by atoms with van der Waals surface area (Å²) in [5.41, 5.74) is 1.57. The minimum absolute atomic E-state index is 0.503. The van der Waals surface area contributed by atoms with Gasteiger partial charge in [0.05, 0.1) is 0 Å². The molecule has 1 aliphatic heterocycles. The van der Waals surface area contributed by atoms with Crippen LogP contribution in [0, 0.1) is 0 Å². The Bertz CT molecular complexity index is 527. The molecule has 1 atom stereocenters. The van der Waals surface area contributed by atoms with E-state index in [0.29, 0.717) is 6.04 Å². The molecule has 0 radical (unpaired) electrons. The molecule has 0 aromatic carbocycles. The van der Waals surface area contributed by atoms with Crippen molar-refractivity contribution in [2.75, 3.05) is 24.5 Å². The third-order valence-corrected chi connectivity index (χ3v) is 3.01. The monoisotopic (exact) mass is 229 g/mol. The summed E-state index contributed by atoms with van der Waals surface area (Å²) in [6.45, 7) is 5.16. The fourth-order valence-corrected chi connectivity index (χ4v) is 2.16. The maximum absolute atomic E-state index is 4.56. The topological polar surface area (TPSA) is 53.9 Å². The van der Waals surface area contributed by atoms with Crippen LogP contribution in [-0.4, -0.2) is 40.6 Å². The average Bonchev–Trinajstić information content (AvgIpc) is 2.38. The maximum atomic E-state index is 4.56. The molecule has 0 unspecified atom stereocenters. The molecule has 5 heteroatoms. The third-order valence-electron chi connectivity index (χ3n) is 3.01. The van der Waals surface area contributed by atoms with Gasteiger partial charge in [0, 0.05) is 38.1 Å². The second-order valence-corrected chi connectivity index (χ2v) is 4.37. The van der Waals surface area contributed by atoms with Crippen LogP contribution in [0.15, 0.2) is 24.5 Å². The van der Waals surface area contributed by atoms with Crippen LogP contribution in [0.5, 0.6) is 0 Å². The quantitative estimate of drug-likeness (QED) is 0.784. The molecule has 0 spiro atoms. The highest BCUT2D eigenvalue weighted by Crippen LogP contribution is 2.16. The van der Waals surface area contributed by atoms with Crippen molar-refractivity contribution < 1.29 is 0 Å². The van der Waals surface area contributed by atoms with Crippen LogP contribution in [0.4, 0.5) is 5.82 Å². The number of nitrogens with one attached hydrogen (secondary N) is 1. The molecule has 1 saturated heterocycles. The second-order valence-electron chi connectivity index (χ2n) is 4.37. The number of fused-ring (bicyclic) bond motifs is 1. The fraction of sp³-hybridized carbons (Fsp3) is 0.417. The van der Waals surface area contributed by atoms with Crippen LogP contribution in [0.2, 0.25) is 0 Å². The van der Waals surface area contributed by atoms with Gasteiger partial charge in [-0.3, -0.25) is 4.98 Å². The first kappa shape index (κ1) is 10.4. The Balaban J connectivity index is 1.94. The Kier molecular flexibility index (Phi) is 2.60. The average molecular weight is 229 g/mol. The summed E-state index contributed by atoms with van der Waals surface area (Å²) < 4.78 is 0. The molecule has 88 valence electrons. The SMILES string of the molecule is C[C@H]1CN(c2ccc3nccnc3n2)CCN1. The highest BCUT2D eigenvalue weighted by atomic mass is 15.2. The van der Waals surface area contributed by atoms with E-state index in [2.05, 4.69) is 32.1 Å². The van der Waals surface area contributed by atoms with Gasteiger partial charge in [-0.15, -0.1) is 0 Å². The molecule has 1 fully saturated rings. The van der Waals surface area contributed by atoms with Crippen LogP contribution < -0.4 is 10.2 Å². The van der Waals surface area contributed by atoms with Crippen molar-refractivity contribution >= 4 is 17.0 Å². The third kappa shape index (κ3) is 2.06. The molecule has 0 bridgehead atoms. The first-order valence-corrected chi connectivity index (χ1v) is 5.89. The molecule has 2 aromatic heterocycles. The molecule has 3 rings (SSSR count). The number of pyridine rings is 1. The van der Waals surface area contributed by atoms with E-state index in [9.17, 15) is 0 Å². The summed E-state index contributed by atoms with van der Waals surface area (Å²) in [5, 5.41) is 3.42. The Labute approximate surface area is 99.9 Å². The predicted octanol–water partition coefficient (Wildman–Crippen LogP) is 0.823. The lowest BCUT2D eigenvalue weighted by Gasteiger charge is -2.32. The Morgan fingerprint density at radius 3 is 3.06 bits per heavy atom. The molecule has 1 aliphatic rings. The fourth-order valence-electron chi connectivity index (χ4n) is 2.16. The van der Waals surface area contributed by atoms with E-state index >= 15 is 0 Å². The molecule has 0 aliphatic carbocycles. The molecular weight excluding hydrogens is 214 g/mol. The summed E-state index contributed by atoms with van der Waals surface area (Å²) >= 11 is 0. The number of hydrogen-bond acceptors (Lipinski definition) is 5. The molecular formula is C12H15N5. The lowest BCUT2D eigenvalue weighted by molar-refractivity contribution is 0.482. The minimum atomic E-state index is 0.503. The van der Waals surface area contributed by atoms with Gasteiger partial charge in [-0.2, -0.15) is 0 Å². The first-order chi connectivity index (χ1) is 8.33. The van der Waals surface area contributed by atoms with Crippen LogP contribution in [0.3, 0.4) is 0 Å². The van der Waals surface area contributed by atoms with E-state index in [1.807, 2.05) is 12.1 Å². The van der Waals surface area contributed by atoms with Gasteiger partial charge in [-0.1, -0.05) is 0 Å². The lowest BCUT2D eigenvalue weighted by Crippen LogP contribution is -2.49. The number of aromatic nitrogens is 3. The highest BCUT2D eigenvalue weighted by Gasteiger charge is 2.17. The van der Waals surface area contributed by atoms with Crippen molar-refractivity contribution in [3.05, 3.63) is 24.5 Å². The Hall–Kier alpha value is -1.75. The van der Waals surface area contributed by atoms with Gasteiger partial charge >= 0.3 is 0 Å². The van der Waals surface area contributed by atoms with Gasteiger partial charge in [-0.05, 0) is 19.1 Å². The van der Waals surface area contributed by atoms with Crippen LogP contribution in [0.25, 0.3) is 11.2 Å². The molecule has 2 aromatic rings. The highest BCUT2D eigenvalue weighted by molar-refractivity contribution is 5.71. The molecule has 5 nitrogen and oxygen atoms in total. The minimum Gasteiger partial charge on any atom is -0.354 e. The van der Waals surface area contributed by atoms with Gasteiger partial charge in [0.1, 0.15) is 11.3 Å². The van der Waals surface area contributed by atoms with Crippen molar-refractivity contribution in [3.8, 4) is 0 Å². The van der Waals surface area contributed by atoms with Crippen molar-refractivity contribution in [1.82, 2.24) is 20.3 Å². The predicted molar refractivity (Wildman–Crippen MR) is 67.0 cm³/mol. The summed E-state index contributed by atoms with van der Waals surface area (Å²) in [7, 11) is 0. The van der Waals surface area contributed by atoms with E-state index in [1.54, 1.807) is 12.4 Å².